The lowest BCUT2D eigenvalue weighted by Gasteiger charge is -2.17. The highest BCUT2D eigenvalue weighted by atomic mass is 19.1. The number of rotatable bonds is 3. The van der Waals surface area contributed by atoms with Gasteiger partial charge in [0.25, 0.3) is 0 Å². The number of carbonyl (C=O) groups is 4. The summed E-state index contributed by atoms with van der Waals surface area (Å²) in [6, 6.07) is 0. The maximum Gasteiger partial charge on any atom is 0.344 e. The van der Waals surface area contributed by atoms with Crippen molar-refractivity contribution >= 4 is 23.3 Å². The minimum atomic E-state index is -2.65. The van der Waals surface area contributed by atoms with E-state index in [9.17, 15) is 33.8 Å². The molecule has 3 N–H and O–H groups in total. The van der Waals surface area contributed by atoms with Gasteiger partial charge in [0.1, 0.15) is 23.9 Å². The number of ether oxygens (including phenoxy) is 2. The quantitative estimate of drug-likeness (QED) is 0.214. The van der Waals surface area contributed by atoms with Gasteiger partial charge in [-0.25, -0.2) is 9.18 Å². The first-order valence-electron chi connectivity index (χ1n) is 6.09. The van der Waals surface area contributed by atoms with Crippen molar-refractivity contribution in [3.8, 4) is 0 Å². The molecule has 1 aliphatic heterocycles. The maximum atomic E-state index is 13.0. The molecule has 5 atom stereocenters. The van der Waals surface area contributed by atoms with E-state index >= 15 is 0 Å². The fourth-order valence-corrected chi connectivity index (χ4v) is 1.94. The third-order valence-corrected chi connectivity index (χ3v) is 3.18. The fraction of sp³-hybridized carbons (Fsp3) is 0.500. The second-order valence-electron chi connectivity index (χ2n) is 4.63. The van der Waals surface area contributed by atoms with Crippen molar-refractivity contribution < 1.29 is 48.4 Å². The summed E-state index contributed by atoms with van der Waals surface area (Å²) in [4.78, 5) is 45.5. The van der Waals surface area contributed by atoms with E-state index in [1.54, 1.807) is 0 Å². The van der Waals surface area contributed by atoms with Crippen LogP contribution in [0.3, 0.4) is 0 Å². The van der Waals surface area contributed by atoms with E-state index in [2.05, 4.69) is 4.74 Å². The van der Waals surface area contributed by atoms with Crippen LogP contribution in [0.15, 0.2) is 11.6 Å². The lowest BCUT2D eigenvalue weighted by Crippen LogP contribution is -2.41. The van der Waals surface area contributed by atoms with Crippen molar-refractivity contribution in [2.75, 3.05) is 6.61 Å². The SMILES string of the molecule is O=C(O[C@H]1O[C@@H](CO)[C@H](O)[C@@H]1O)C1=CC(=O)C(F)C(=O)C1=O. The molecule has 1 aliphatic carbocycles. The molecular weight excluding hydrogens is 307 g/mol. The molecule has 0 spiro atoms. The zero-order valence-corrected chi connectivity index (χ0v) is 10.8. The highest BCUT2D eigenvalue weighted by molar-refractivity contribution is 6.56. The van der Waals surface area contributed by atoms with E-state index in [-0.39, 0.29) is 0 Å². The first kappa shape index (κ1) is 16.4. The van der Waals surface area contributed by atoms with Gasteiger partial charge in [0.05, 0.1) is 6.61 Å². The van der Waals surface area contributed by atoms with Crippen LogP contribution in [-0.4, -0.2) is 76.0 Å². The molecule has 120 valence electrons. The average Bonchev–Trinajstić information content (AvgIpc) is 2.76. The number of ketones is 3. The van der Waals surface area contributed by atoms with Crippen molar-refractivity contribution in [3.63, 3.8) is 0 Å². The van der Waals surface area contributed by atoms with Crippen LogP contribution < -0.4 is 0 Å². The molecule has 2 aliphatic rings. The Hall–Kier alpha value is -2.01. The monoisotopic (exact) mass is 318 g/mol. The van der Waals surface area contributed by atoms with E-state index in [4.69, 9.17) is 9.84 Å². The second kappa shape index (κ2) is 6.01. The molecule has 0 aromatic rings. The van der Waals surface area contributed by atoms with Crippen LogP contribution >= 0.6 is 0 Å². The topological polar surface area (TPSA) is 147 Å². The molecule has 1 saturated heterocycles. The van der Waals surface area contributed by atoms with Crippen molar-refractivity contribution in [1.82, 2.24) is 0 Å². The summed E-state index contributed by atoms with van der Waals surface area (Å²) in [6.07, 6.45) is -8.52. The standard InChI is InChI=1S/C12H11FO9/c13-6-4(15)1-3(7(16)9(6)18)11(20)22-12-10(19)8(17)5(2-14)21-12/h1,5-6,8,10,12,14,17,19H,2H2/t5-,6?,8-,10-,12+/m0/s1. The first-order valence-corrected chi connectivity index (χ1v) is 6.09. The van der Waals surface area contributed by atoms with Crippen LogP contribution in [0.25, 0.3) is 0 Å². The molecule has 0 bridgehead atoms. The Morgan fingerprint density at radius 1 is 1.27 bits per heavy atom. The van der Waals surface area contributed by atoms with E-state index in [0.717, 1.165) is 0 Å². The van der Waals surface area contributed by atoms with Crippen LogP contribution in [0.4, 0.5) is 4.39 Å². The molecule has 1 unspecified atom stereocenters. The number of esters is 1. The lowest BCUT2D eigenvalue weighted by atomic mass is 9.94. The molecule has 9 nitrogen and oxygen atoms in total. The Bertz CT molecular complexity index is 569. The molecular formula is C12H11FO9. The van der Waals surface area contributed by atoms with Gasteiger partial charge in [-0.3, -0.25) is 14.4 Å². The summed E-state index contributed by atoms with van der Waals surface area (Å²) in [5, 5.41) is 27.9. The van der Waals surface area contributed by atoms with E-state index in [1.807, 2.05) is 0 Å². The van der Waals surface area contributed by atoms with Gasteiger partial charge in [0, 0.05) is 6.08 Å². The highest BCUT2D eigenvalue weighted by Gasteiger charge is 2.46. The van der Waals surface area contributed by atoms with Crippen molar-refractivity contribution in [2.45, 2.75) is 30.8 Å². The smallest absolute Gasteiger partial charge is 0.344 e. The van der Waals surface area contributed by atoms with Gasteiger partial charge in [-0.1, -0.05) is 0 Å². The minimum Gasteiger partial charge on any atom is -0.429 e. The van der Waals surface area contributed by atoms with Gasteiger partial charge in [-0.15, -0.1) is 0 Å². The number of aliphatic hydroxyl groups is 3. The summed E-state index contributed by atoms with van der Waals surface area (Å²) < 4.78 is 22.4. The first-order chi connectivity index (χ1) is 10.3. The largest absolute Gasteiger partial charge is 0.429 e. The van der Waals surface area contributed by atoms with Gasteiger partial charge in [-0.2, -0.15) is 0 Å². The Balaban J connectivity index is 2.13. The molecule has 0 aromatic carbocycles. The minimum absolute atomic E-state index is 0.331. The third kappa shape index (κ3) is 2.68. The zero-order chi connectivity index (χ0) is 16.6. The Kier molecular flexibility index (Phi) is 4.47. The number of hydrogen-bond donors (Lipinski definition) is 3. The normalized spacial score (nSPS) is 35.5. The van der Waals surface area contributed by atoms with Crippen LogP contribution in [0.2, 0.25) is 0 Å². The van der Waals surface area contributed by atoms with Crippen LogP contribution in [-0.2, 0) is 28.7 Å². The summed E-state index contributed by atoms with van der Waals surface area (Å²) in [6.45, 7) is -0.672. The number of halogens is 1. The molecule has 0 radical (unpaired) electrons. The predicted octanol–water partition coefficient (Wildman–Crippen LogP) is -3.05. The van der Waals surface area contributed by atoms with Gasteiger partial charge >= 0.3 is 5.97 Å². The lowest BCUT2D eigenvalue weighted by molar-refractivity contribution is -0.186. The van der Waals surface area contributed by atoms with Gasteiger partial charge in [0.2, 0.25) is 24.0 Å². The van der Waals surface area contributed by atoms with Crippen LogP contribution in [0.5, 0.6) is 0 Å². The molecule has 1 heterocycles. The van der Waals surface area contributed by atoms with E-state index < -0.39 is 66.3 Å². The molecule has 2 rings (SSSR count). The van der Waals surface area contributed by atoms with Crippen LogP contribution in [0.1, 0.15) is 0 Å². The number of hydrogen-bond acceptors (Lipinski definition) is 9. The third-order valence-electron chi connectivity index (χ3n) is 3.18. The second-order valence-corrected chi connectivity index (χ2v) is 4.63. The summed E-state index contributed by atoms with van der Waals surface area (Å²) in [5.74, 6) is -6.10. The Morgan fingerprint density at radius 3 is 2.45 bits per heavy atom. The van der Waals surface area contributed by atoms with Gasteiger partial charge in [0.15, 0.2) is 5.78 Å². The van der Waals surface area contributed by atoms with E-state index in [1.165, 1.54) is 0 Å². The Morgan fingerprint density at radius 2 is 1.91 bits per heavy atom. The number of carbonyl (C=O) groups excluding carboxylic acids is 4. The zero-order valence-electron chi connectivity index (χ0n) is 10.8. The number of Topliss-reactive ketones (excluding diaryl/α,β-unsaturated/α-hetero) is 2. The van der Waals surface area contributed by atoms with Gasteiger partial charge < -0.3 is 24.8 Å². The van der Waals surface area contributed by atoms with Crippen molar-refractivity contribution in [2.24, 2.45) is 0 Å². The molecule has 22 heavy (non-hydrogen) atoms. The molecule has 1 fully saturated rings. The summed E-state index contributed by atoms with van der Waals surface area (Å²) in [7, 11) is 0. The number of allylic oxidation sites excluding steroid dienone is 1. The fourth-order valence-electron chi connectivity index (χ4n) is 1.94. The van der Waals surface area contributed by atoms with Crippen molar-refractivity contribution in [1.29, 1.82) is 0 Å². The summed E-state index contributed by atoms with van der Waals surface area (Å²) in [5.41, 5.74) is -0.998. The molecule has 0 saturated carbocycles. The predicted molar refractivity (Wildman–Crippen MR) is 61.9 cm³/mol. The number of aliphatic hydroxyl groups excluding tert-OH is 3. The molecule has 0 amide bonds. The average molecular weight is 318 g/mol. The molecule has 0 aromatic heterocycles. The molecule has 10 heteroatoms. The van der Waals surface area contributed by atoms with Crippen LogP contribution in [0, 0.1) is 0 Å². The van der Waals surface area contributed by atoms with Gasteiger partial charge in [-0.05, 0) is 0 Å². The Labute approximate surface area is 121 Å². The highest BCUT2D eigenvalue weighted by Crippen LogP contribution is 2.23. The maximum absolute atomic E-state index is 13.0. The summed E-state index contributed by atoms with van der Waals surface area (Å²) >= 11 is 0. The van der Waals surface area contributed by atoms with E-state index in [0.29, 0.717) is 6.08 Å². The van der Waals surface area contributed by atoms with Crippen molar-refractivity contribution in [3.05, 3.63) is 11.6 Å². The number of alkyl halides is 1.